The summed E-state index contributed by atoms with van der Waals surface area (Å²) in [5.41, 5.74) is 10.8. The summed E-state index contributed by atoms with van der Waals surface area (Å²) in [6.45, 7) is 4.77. The van der Waals surface area contributed by atoms with Gasteiger partial charge in [0, 0.05) is 23.2 Å². The summed E-state index contributed by atoms with van der Waals surface area (Å²) < 4.78 is 6.02. The number of ether oxygens (including phenoxy) is 1. The first-order valence-corrected chi connectivity index (χ1v) is 10.8. The number of hydrogen-bond acceptors (Lipinski definition) is 6. The van der Waals surface area contributed by atoms with Gasteiger partial charge in [0.25, 0.3) is 0 Å². The average molecular weight is 453 g/mol. The lowest BCUT2D eigenvalue weighted by molar-refractivity contribution is 0.101. The Kier molecular flexibility index (Phi) is 8.33. The SMILES string of the molecule is CC(=O)c1ccc(-c2nc(OCC3CCNCC3)cnc2-c2ccc(CN)cc2)cc1.Cl. The third-order valence-electron chi connectivity index (χ3n) is 5.70. The van der Waals surface area contributed by atoms with E-state index in [0.29, 0.717) is 30.5 Å². The molecule has 2 heterocycles. The van der Waals surface area contributed by atoms with Crippen LogP contribution in [0.4, 0.5) is 0 Å². The van der Waals surface area contributed by atoms with Gasteiger partial charge in [-0.15, -0.1) is 12.4 Å². The van der Waals surface area contributed by atoms with Crippen LogP contribution >= 0.6 is 12.4 Å². The molecule has 0 unspecified atom stereocenters. The summed E-state index contributed by atoms with van der Waals surface area (Å²) >= 11 is 0. The minimum absolute atomic E-state index is 0. The predicted octanol–water partition coefficient (Wildman–Crippen LogP) is 4.27. The van der Waals surface area contributed by atoms with Gasteiger partial charge in [0.05, 0.1) is 18.5 Å². The number of benzene rings is 2. The Morgan fingerprint density at radius 2 is 1.66 bits per heavy atom. The first-order valence-electron chi connectivity index (χ1n) is 10.8. The highest BCUT2D eigenvalue weighted by atomic mass is 35.5. The highest BCUT2D eigenvalue weighted by molar-refractivity contribution is 5.94. The monoisotopic (exact) mass is 452 g/mol. The second kappa shape index (κ2) is 11.2. The number of aromatic nitrogens is 2. The lowest BCUT2D eigenvalue weighted by Gasteiger charge is -2.22. The van der Waals surface area contributed by atoms with Crippen LogP contribution in [0.2, 0.25) is 0 Å². The maximum Gasteiger partial charge on any atom is 0.232 e. The summed E-state index contributed by atoms with van der Waals surface area (Å²) in [6, 6.07) is 15.5. The molecule has 6 nitrogen and oxygen atoms in total. The minimum atomic E-state index is 0. The van der Waals surface area contributed by atoms with E-state index in [1.807, 2.05) is 48.5 Å². The van der Waals surface area contributed by atoms with E-state index < -0.39 is 0 Å². The molecule has 0 bridgehead atoms. The number of hydrogen-bond donors (Lipinski definition) is 2. The molecule has 1 aromatic heterocycles. The molecule has 0 aliphatic carbocycles. The third kappa shape index (κ3) is 5.71. The van der Waals surface area contributed by atoms with Gasteiger partial charge in [0.15, 0.2) is 5.78 Å². The molecule has 2 aromatic carbocycles. The van der Waals surface area contributed by atoms with E-state index in [0.717, 1.165) is 54.0 Å². The third-order valence-corrected chi connectivity index (χ3v) is 5.70. The van der Waals surface area contributed by atoms with Crippen molar-refractivity contribution < 1.29 is 9.53 Å². The first-order chi connectivity index (χ1) is 15.1. The van der Waals surface area contributed by atoms with Crippen LogP contribution in [-0.4, -0.2) is 35.4 Å². The Balaban J connectivity index is 0.00000289. The number of nitrogens with one attached hydrogen (secondary N) is 1. The smallest absolute Gasteiger partial charge is 0.232 e. The predicted molar refractivity (Wildman–Crippen MR) is 129 cm³/mol. The number of piperidine rings is 1. The van der Waals surface area contributed by atoms with E-state index in [9.17, 15) is 4.79 Å². The molecule has 168 valence electrons. The van der Waals surface area contributed by atoms with Gasteiger partial charge in [-0.2, -0.15) is 0 Å². The van der Waals surface area contributed by atoms with Crippen LogP contribution in [0.5, 0.6) is 5.88 Å². The van der Waals surface area contributed by atoms with Crippen LogP contribution in [-0.2, 0) is 6.54 Å². The fourth-order valence-electron chi connectivity index (χ4n) is 3.77. The number of carbonyl (C=O) groups excluding carboxylic acids is 1. The van der Waals surface area contributed by atoms with Crippen molar-refractivity contribution in [3.05, 3.63) is 65.9 Å². The molecule has 4 rings (SSSR count). The Bertz CT molecular complexity index is 1030. The average Bonchev–Trinajstić information content (AvgIpc) is 2.83. The maximum absolute atomic E-state index is 11.7. The number of halogens is 1. The van der Waals surface area contributed by atoms with E-state index in [4.69, 9.17) is 20.4 Å². The fraction of sp³-hybridized carbons (Fsp3) is 0.320. The molecular formula is C25H29ClN4O2. The van der Waals surface area contributed by atoms with Gasteiger partial charge in [0.2, 0.25) is 5.88 Å². The summed E-state index contributed by atoms with van der Waals surface area (Å²) in [6.07, 6.45) is 3.91. The van der Waals surface area contributed by atoms with Crippen LogP contribution < -0.4 is 15.8 Å². The molecule has 0 amide bonds. The minimum Gasteiger partial charge on any atom is -0.476 e. The quantitative estimate of drug-likeness (QED) is 0.520. The van der Waals surface area contributed by atoms with E-state index in [-0.39, 0.29) is 18.2 Å². The topological polar surface area (TPSA) is 90.1 Å². The van der Waals surface area contributed by atoms with E-state index in [1.54, 1.807) is 13.1 Å². The molecule has 7 heteroatoms. The normalized spacial score (nSPS) is 13.9. The van der Waals surface area contributed by atoms with Crippen LogP contribution in [0.25, 0.3) is 22.5 Å². The Labute approximate surface area is 195 Å². The number of nitrogens with zero attached hydrogens (tertiary/aromatic N) is 2. The molecule has 1 aliphatic rings. The molecular weight excluding hydrogens is 424 g/mol. The lowest BCUT2D eigenvalue weighted by Crippen LogP contribution is -2.30. The molecule has 1 fully saturated rings. The summed E-state index contributed by atoms with van der Waals surface area (Å²) in [5.74, 6) is 1.09. The van der Waals surface area contributed by atoms with E-state index >= 15 is 0 Å². The zero-order chi connectivity index (χ0) is 21.6. The molecule has 3 N–H and O–H groups in total. The zero-order valence-corrected chi connectivity index (χ0v) is 19.0. The molecule has 32 heavy (non-hydrogen) atoms. The van der Waals surface area contributed by atoms with Crippen LogP contribution in [0.15, 0.2) is 54.7 Å². The van der Waals surface area contributed by atoms with Crippen molar-refractivity contribution >= 4 is 18.2 Å². The van der Waals surface area contributed by atoms with E-state index in [2.05, 4.69) is 5.32 Å². The van der Waals surface area contributed by atoms with Crippen molar-refractivity contribution in [2.45, 2.75) is 26.3 Å². The van der Waals surface area contributed by atoms with Gasteiger partial charge >= 0.3 is 0 Å². The van der Waals surface area contributed by atoms with Crippen LogP contribution in [0.3, 0.4) is 0 Å². The summed E-state index contributed by atoms with van der Waals surface area (Å²) in [4.78, 5) is 21.2. The number of Topliss-reactive ketones (excluding diaryl/α,β-unsaturated/α-hetero) is 1. The number of carbonyl (C=O) groups is 1. The fourth-order valence-corrected chi connectivity index (χ4v) is 3.77. The van der Waals surface area contributed by atoms with Crippen molar-refractivity contribution in [2.75, 3.05) is 19.7 Å². The maximum atomic E-state index is 11.7. The molecule has 0 atom stereocenters. The van der Waals surface area contributed by atoms with Gasteiger partial charge in [-0.25, -0.2) is 9.97 Å². The second-order valence-corrected chi connectivity index (χ2v) is 7.94. The summed E-state index contributed by atoms with van der Waals surface area (Å²) in [7, 11) is 0. The largest absolute Gasteiger partial charge is 0.476 e. The number of ketones is 1. The molecule has 0 radical (unpaired) electrons. The number of nitrogens with two attached hydrogens (primary N) is 1. The van der Waals surface area contributed by atoms with Crippen molar-refractivity contribution in [1.29, 1.82) is 0 Å². The van der Waals surface area contributed by atoms with Gasteiger partial charge in [-0.3, -0.25) is 4.79 Å². The molecule has 0 saturated carbocycles. The first kappa shape index (κ1) is 23.9. The standard InChI is InChI=1S/C25H28N4O2.ClH/c1-17(30)20-6-8-22(9-7-20)25-24(21-4-2-18(14-26)3-5-21)28-15-23(29-25)31-16-19-10-12-27-13-11-19;/h2-9,15,19,27H,10-14,16,26H2,1H3;1H. The van der Waals surface area contributed by atoms with Crippen molar-refractivity contribution in [2.24, 2.45) is 11.7 Å². The van der Waals surface area contributed by atoms with Crippen LogP contribution in [0, 0.1) is 5.92 Å². The molecule has 1 saturated heterocycles. The van der Waals surface area contributed by atoms with Gasteiger partial charge in [-0.05, 0) is 44.3 Å². The van der Waals surface area contributed by atoms with Crippen molar-refractivity contribution in [1.82, 2.24) is 15.3 Å². The van der Waals surface area contributed by atoms with Gasteiger partial charge in [-0.1, -0.05) is 48.5 Å². The number of rotatable bonds is 7. The Hall–Kier alpha value is -2.80. The van der Waals surface area contributed by atoms with Gasteiger partial charge in [0.1, 0.15) is 5.69 Å². The lowest BCUT2D eigenvalue weighted by atomic mass is 9.99. The zero-order valence-electron chi connectivity index (χ0n) is 18.2. The van der Waals surface area contributed by atoms with E-state index in [1.165, 1.54) is 0 Å². The van der Waals surface area contributed by atoms with Crippen LogP contribution in [0.1, 0.15) is 35.7 Å². The summed E-state index contributed by atoms with van der Waals surface area (Å²) in [5, 5.41) is 3.37. The Morgan fingerprint density at radius 3 is 2.28 bits per heavy atom. The molecule has 3 aromatic rings. The Morgan fingerprint density at radius 1 is 1.03 bits per heavy atom. The highest BCUT2D eigenvalue weighted by Gasteiger charge is 2.17. The molecule has 0 spiro atoms. The van der Waals surface area contributed by atoms with Crippen molar-refractivity contribution in [3.8, 4) is 28.4 Å². The van der Waals surface area contributed by atoms with Gasteiger partial charge < -0.3 is 15.8 Å². The van der Waals surface area contributed by atoms with Crippen molar-refractivity contribution in [3.63, 3.8) is 0 Å². The second-order valence-electron chi connectivity index (χ2n) is 7.94. The highest BCUT2D eigenvalue weighted by Crippen LogP contribution is 2.31. The molecule has 1 aliphatic heterocycles.